The lowest BCUT2D eigenvalue weighted by molar-refractivity contribution is -0.114. The van der Waals surface area contributed by atoms with Gasteiger partial charge in [-0.15, -0.1) is 0 Å². The van der Waals surface area contributed by atoms with E-state index in [1.807, 2.05) is 45.0 Å². The molecule has 2 N–H and O–H groups in total. The minimum Gasteiger partial charge on any atom is -0.491 e. The van der Waals surface area contributed by atoms with Gasteiger partial charge in [0.2, 0.25) is 5.91 Å². The largest absolute Gasteiger partial charge is 0.491 e. The van der Waals surface area contributed by atoms with Gasteiger partial charge in [-0.2, -0.15) is 0 Å². The third-order valence-corrected chi connectivity index (χ3v) is 5.45. The number of hydrogen-bond acceptors (Lipinski definition) is 5. The van der Waals surface area contributed by atoms with Crippen molar-refractivity contribution in [3.63, 3.8) is 0 Å². The second-order valence-electron chi connectivity index (χ2n) is 9.73. The smallest absolute Gasteiger partial charge is 0.408 e. The van der Waals surface area contributed by atoms with Crippen molar-refractivity contribution >= 4 is 17.8 Å². The van der Waals surface area contributed by atoms with Crippen LogP contribution in [-0.4, -0.2) is 45.2 Å². The fourth-order valence-corrected chi connectivity index (χ4v) is 4.23. The van der Waals surface area contributed by atoms with Gasteiger partial charge in [-0.05, 0) is 56.9 Å². The first-order valence-corrected chi connectivity index (χ1v) is 11.1. The van der Waals surface area contributed by atoms with Gasteiger partial charge in [0, 0.05) is 35.9 Å². The molecule has 8 nitrogen and oxygen atoms in total. The van der Waals surface area contributed by atoms with E-state index < -0.39 is 11.6 Å². The molecule has 1 aromatic heterocycles. The van der Waals surface area contributed by atoms with E-state index in [4.69, 9.17) is 9.47 Å². The summed E-state index contributed by atoms with van der Waals surface area (Å²) in [6, 6.07) is 7.20. The van der Waals surface area contributed by atoms with E-state index in [1.54, 1.807) is 6.20 Å². The molecule has 0 spiro atoms. The minimum atomic E-state index is -0.953. The number of anilines is 1. The Labute approximate surface area is 194 Å². The SMILES string of the molecule is CC(=O)Nc1nccc2c1COc1cc(OCC(CC(C)C)N(C(=O)O)C(C)(C)C)ccc1-2. The van der Waals surface area contributed by atoms with Crippen molar-refractivity contribution in [1.29, 1.82) is 0 Å². The summed E-state index contributed by atoms with van der Waals surface area (Å²) in [5.41, 5.74) is 2.12. The molecule has 0 bridgehead atoms. The Morgan fingerprint density at radius 3 is 2.58 bits per heavy atom. The Bertz CT molecular complexity index is 1030. The highest BCUT2D eigenvalue weighted by atomic mass is 16.5. The molecule has 1 unspecified atom stereocenters. The zero-order valence-electron chi connectivity index (χ0n) is 20.1. The highest BCUT2D eigenvalue weighted by Crippen LogP contribution is 2.41. The van der Waals surface area contributed by atoms with Crippen molar-refractivity contribution in [2.75, 3.05) is 11.9 Å². The van der Waals surface area contributed by atoms with E-state index in [9.17, 15) is 14.7 Å². The van der Waals surface area contributed by atoms with Gasteiger partial charge < -0.3 is 19.9 Å². The topological polar surface area (TPSA) is 101 Å². The third-order valence-electron chi connectivity index (χ3n) is 5.45. The molecule has 8 heteroatoms. The van der Waals surface area contributed by atoms with Crippen LogP contribution in [0.25, 0.3) is 11.1 Å². The molecule has 0 saturated carbocycles. The summed E-state index contributed by atoms with van der Waals surface area (Å²) in [4.78, 5) is 29.2. The number of hydrogen-bond donors (Lipinski definition) is 2. The van der Waals surface area contributed by atoms with E-state index in [2.05, 4.69) is 24.1 Å². The number of carboxylic acid groups (broad SMARTS) is 1. The normalized spacial score (nSPS) is 13.4. The molecule has 0 aliphatic carbocycles. The molecule has 0 saturated heterocycles. The molecule has 2 amide bonds. The number of aromatic nitrogens is 1. The molecule has 1 atom stereocenters. The predicted molar refractivity (Wildman–Crippen MR) is 127 cm³/mol. The van der Waals surface area contributed by atoms with E-state index in [0.29, 0.717) is 29.7 Å². The van der Waals surface area contributed by atoms with Gasteiger partial charge in [-0.1, -0.05) is 13.8 Å². The summed E-state index contributed by atoms with van der Waals surface area (Å²) in [5, 5.41) is 12.6. The average molecular weight is 456 g/mol. The number of rotatable bonds is 7. The summed E-state index contributed by atoms with van der Waals surface area (Å²) in [6.45, 7) is 11.8. The highest BCUT2D eigenvalue weighted by molar-refractivity contribution is 5.90. The van der Waals surface area contributed by atoms with Crippen LogP contribution in [0.4, 0.5) is 10.6 Å². The fraction of sp³-hybridized carbons (Fsp3) is 0.480. The molecule has 1 aliphatic rings. The number of amides is 2. The number of carbonyl (C=O) groups is 2. The Kier molecular flexibility index (Phi) is 7.15. The lowest BCUT2D eigenvalue weighted by atomic mass is 9.97. The van der Waals surface area contributed by atoms with Crippen LogP contribution in [0.1, 0.15) is 53.5 Å². The van der Waals surface area contributed by atoms with Crippen molar-refractivity contribution < 1.29 is 24.2 Å². The van der Waals surface area contributed by atoms with Gasteiger partial charge in [0.25, 0.3) is 0 Å². The van der Waals surface area contributed by atoms with E-state index in [1.165, 1.54) is 11.8 Å². The summed E-state index contributed by atoms with van der Waals surface area (Å²) in [5.74, 6) is 1.91. The van der Waals surface area contributed by atoms with Crippen molar-refractivity contribution in [2.24, 2.45) is 5.92 Å². The van der Waals surface area contributed by atoms with Crippen LogP contribution in [0.3, 0.4) is 0 Å². The first kappa shape index (κ1) is 24.4. The molecule has 2 aromatic rings. The Hall–Kier alpha value is -3.29. The Morgan fingerprint density at radius 2 is 1.97 bits per heavy atom. The molecule has 1 aliphatic heterocycles. The fourth-order valence-electron chi connectivity index (χ4n) is 4.23. The maximum atomic E-state index is 12.0. The Morgan fingerprint density at radius 1 is 1.24 bits per heavy atom. The summed E-state index contributed by atoms with van der Waals surface area (Å²) in [7, 11) is 0. The van der Waals surface area contributed by atoms with Crippen LogP contribution in [0.2, 0.25) is 0 Å². The van der Waals surface area contributed by atoms with Crippen molar-refractivity contribution in [1.82, 2.24) is 9.88 Å². The minimum absolute atomic E-state index is 0.188. The molecule has 1 aromatic carbocycles. The van der Waals surface area contributed by atoms with Crippen molar-refractivity contribution in [3.05, 3.63) is 36.0 Å². The number of ether oxygens (including phenoxy) is 2. The lowest BCUT2D eigenvalue weighted by Crippen LogP contribution is -2.53. The third kappa shape index (κ3) is 5.74. The molecule has 3 rings (SSSR count). The number of fused-ring (bicyclic) bond motifs is 3. The monoisotopic (exact) mass is 455 g/mol. The second kappa shape index (κ2) is 9.68. The van der Waals surface area contributed by atoms with Crippen molar-refractivity contribution in [3.8, 4) is 22.6 Å². The second-order valence-corrected chi connectivity index (χ2v) is 9.73. The van der Waals surface area contributed by atoms with Gasteiger partial charge in [-0.3, -0.25) is 9.69 Å². The van der Waals surface area contributed by atoms with Gasteiger partial charge in [0.15, 0.2) is 0 Å². The molecule has 33 heavy (non-hydrogen) atoms. The van der Waals surface area contributed by atoms with E-state index in [0.717, 1.165) is 16.7 Å². The summed E-state index contributed by atoms with van der Waals surface area (Å²) in [6.07, 6.45) is 1.40. The van der Waals surface area contributed by atoms with Crippen molar-refractivity contribution in [2.45, 2.75) is 66.2 Å². The zero-order valence-corrected chi connectivity index (χ0v) is 20.1. The Balaban J connectivity index is 1.83. The van der Waals surface area contributed by atoms with Crippen LogP contribution in [0.15, 0.2) is 30.5 Å². The molecular formula is C25H33N3O5. The number of nitrogens with one attached hydrogen (secondary N) is 1. The molecular weight excluding hydrogens is 422 g/mol. The standard InChI is InChI=1S/C25H33N3O5/c1-15(2)11-17(28(24(30)31)25(4,5)6)13-32-18-7-8-20-19-9-10-26-23(27-16(3)29)21(19)14-33-22(20)12-18/h7-10,12,15,17H,11,13-14H2,1-6H3,(H,30,31)(H,26,27,29). The van der Waals surface area contributed by atoms with Gasteiger partial charge in [0.1, 0.15) is 30.5 Å². The first-order valence-electron chi connectivity index (χ1n) is 11.1. The number of pyridine rings is 1. The highest BCUT2D eigenvalue weighted by Gasteiger charge is 2.34. The van der Waals surface area contributed by atoms with Crippen LogP contribution in [0.5, 0.6) is 11.5 Å². The molecule has 0 fully saturated rings. The van der Waals surface area contributed by atoms with Crippen LogP contribution < -0.4 is 14.8 Å². The zero-order chi connectivity index (χ0) is 24.3. The maximum absolute atomic E-state index is 12.0. The van der Waals surface area contributed by atoms with E-state index in [-0.39, 0.29) is 25.2 Å². The van der Waals surface area contributed by atoms with Gasteiger partial charge in [-0.25, -0.2) is 9.78 Å². The summed E-state index contributed by atoms with van der Waals surface area (Å²) < 4.78 is 12.0. The van der Waals surface area contributed by atoms with Crippen LogP contribution in [0, 0.1) is 5.92 Å². The molecule has 2 heterocycles. The maximum Gasteiger partial charge on any atom is 0.408 e. The molecule has 178 valence electrons. The van der Waals surface area contributed by atoms with Crippen LogP contribution in [-0.2, 0) is 11.4 Å². The number of benzene rings is 1. The summed E-state index contributed by atoms with van der Waals surface area (Å²) >= 11 is 0. The number of nitrogens with zero attached hydrogens (tertiary/aromatic N) is 2. The van der Waals surface area contributed by atoms with E-state index >= 15 is 0 Å². The predicted octanol–water partition coefficient (Wildman–Crippen LogP) is 5.17. The van der Waals surface area contributed by atoms with Gasteiger partial charge in [0.05, 0.1) is 6.04 Å². The van der Waals surface area contributed by atoms with Crippen LogP contribution >= 0.6 is 0 Å². The van der Waals surface area contributed by atoms with Gasteiger partial charge >= 0.3 is 6.09 Å². The first-order chi connectivity index (χ1) is 15.5. The quantitative estimate of drug-likeness (QED) is 0.597. The molecule has 0 radical (unpaired) electrons. The number of carbonyl (C=O) groups excluding carboxylic acids is 1. The lowest BCUT2D eigenvalue weighted by Gasteiger charge is -2.40. The average Bonchev–Trinajstić information content (AvgIpc) is 2.69.